The van der Waals surface area contributed by atoms with E-state index < -0.39 is 32.0 Å². The zero-order valence-electron chi connectivity index (χ0n) is 26.1. The Bertz CT molecular complexity index is 1590. The van der Waals surface area contributed by atoms with E-state index in [1.54, 1.807) is 6.92 Å². The molecule has 20 heteroatoms. The van der Waals surface area contributed by atoms with Gasteiger partial charge in [0.25, 0.3) is 0 Å². The molecule has 0 aliphatic carbocycles. The van der Waals surface area contributed by atoms with Crippen molar-refractivity contribution in [3.8, 4) is 0 Å². The lowest BCUT2D eigenvalue weighted by Gasteiger charge is -2.39. The van der Waals surface area contributed by atoms with E-state index in [0.29, 0.717) is 21.3 Å². The van der Waals surface area contributed by atoms with Crippen LogP contribution in [-0.4, -0.2) is 82.3 Å². The molecule has 0 aromatic heterocycles. The van der Waals surface area contributed by atoms with Gasteiger partial charge in [0.2, 0.25) is 0 Å². The molecule has 272 valence electrons. The first kappa shape index (κ1) is 45.8. The molecule has 0 amide bonds. The minimum absolute atomic E-state index is 0.124. The molecular weight excluding hydrogens is 929 g/mol. The van der Waals surface area contributed by atoms with Crippen LogP contribution in [0.4, 0.5) is 5.69 Å². The number of alkyl halides is 2. The molecular formula is C28H34Br2Cl6N2O8S2. The smallest absolute Gasteiger partial charge is 0.321 e. The number of ether oxygens (including phenoxy) is 2. The topological polar surface area (TPSA) is 127 Å². The summed E-state index contributed by atoms with van der Waals surface area (Å²) >= 11 is 42.4. The molecule has 1 aliphatic rings. The van der Waals surface area contributed by atoms with Crippen molar-refractivity contribution in [3.63, 3.8) is 0 Å². The highest BCUT2D eigenvalue weighted by atomic mass is 79.9. The number of sulfone groups is 1. The minimum atomic E-state index is -3.98. The fourth-order valence-electron chi connectivity index (χ4n) is 3.84. The van der Waals surface area contributed by atoms with E-state index in [9.17, 15) is 26.4 Å². The number of carbonyl (C=O) groups excluding carboxylic acids is 2. The van der Waals surface area contributed by atoms with Crippen LogP contribution in [0.3, 0.4) is 0 Å². The average Bonchev–Trinajstić information content (AvgIpc) is 2.97. The zero-order valence-corrected chi connectivity index (χ0v) is 35.5. The lowest BCUT2D eigenvalue weighted by atomic mass is 10.2. The highest BCUT2D eigenvalue weighted by Crippen LogP contribution is 2.40. The second kappa shape index (κ2) is 21.3. The van der Waals surface area contributed by atoms with Gasteiger partial charge in [0.1, 0.15) is 6.54 Å². The van der Waals surface area contributed by atoms with Gasteiger partial charge >= 0.3 is 22.1 Å². The van der Waals surface area contributed by atoms with Crippen molar-refractivity contribution in [2.75, 3.05) is 42.7 Å². The van der Waals surface area contributed by atoms with Gasteiger partial charge in [0, 0.05) is 48.4 Å². The van der Waals surface area contributed by atoms with Gasteiger partial charge in [-0.1, -0.05) is 108 Å². The molecule has 0 bridgehead atoms. The number of esters is 2. The maximum Gasteiger partial charge on any atom is 0.321 e. The Kier molecular flexibility index (Phi) is 20.3. The standard InChI is InChI=1S/C13H15Cl3N2O4S.C11H11Cl3O4S.C4H8Br2/c1-8-3-4-17(13-10(15)5-9(14)6-11(13)16)23(20,21)18(8)7-12(19)22-2;1-18-11(15)2-3-19(16,17)6-8-9(13)4-7(12)5-10(8)14;1-4(6)2-3-5/h5-6,8H,3-4,7H2,1-2H3;4-5H,2-3,6H2,1H3;4H,2-3H2,1H3. The fraction of sp³-hybridized carbons (Fsp3) is 0.500. The van der Waals surface area contributed by atoms with E-state index in [4.69, 9.17) is 69.6 Å². The molecule has 1 fully saturated rings. The van der Waals surface area contributed by atoms with Crippen LogP contribution in [0.25, 0.3) is 0 Å². The van der Waals surface area contributed by atoms with Crippen LogP contribution < -0.4 is 4.31 Å². The molecule has 0 N–H and O–H groups in total. The van der Waals surface area contributed by atoms with Gasteiger partial charge < -0.3 is 9.47 Å². The maximum atomic E-state index is 12.9. The van der Waals surface area contributed by atoms with Crippen molar-refractivity contribution in [1.82, 2.24) is 4.31 Å². The molecule has 0 saturated carbocycles. The third kappa shape index (κ3) is 14.8. The predicted molar refractivity (Wildman–Crippen MR) is 203 cm³/mol. The number of carbonyl (C=O) groups is 2. The Balaban J connectivity index is 0.000000416. The molecule has 1 heterocycles. The quantitative estimate of drug-likeness (QED) is 0.171. The summed E-state index contributed by atoms with van der Waals surface area (Å²) in [6.45, 7) is 3.69. The number of hydrogen-bond donors (Lipinski definition) is 0. The zero-order chi connectivity index (χ0) is 37.0. The predicted octanol–water partition coefficient (Wildman–Crippen LogP) is 8.64. The molecule has 0 radical (unpaired) electrons. The number of methoxy groups -OCH3 is 2. The van der Waals surface area contributed by atoms with Crippen LogP contribution in [0.5, 0.6) is 0 Å². The highest BCUT2D eigenvalue weighted by Gasteiger charge is 2.41. The van der Waals surface area contributed by atoms with Crippen molar-refractivity contribution in [2.45, 2.75) is 49.7 Å². The monoisotopic (exact) mass is 958 g/mol. The molecule has 2 aromatic rings. The van der Waals surface area contributed by atoms with E-state index in [-0.39, 0.29) is 68.4 Å². The molecule has 3 rings (SSSR count). The summed E-state index contributed by atoms with van der Waals surface area (Å²) in [4.78, 5) is 23.1. The number of anilines is 1. The number of halogens is 8. The van der Waals surface area contributed by atoms with Gasteiger partial charge in [0.15, 0.2) is 9.84 Å². The second-order valence-corrected chi connectivity index (χ2v) is 18.9. The van der Waals surface area contributed by atoms with E-state index in [1.807, 2.05) is 0 Å². The van der Waals surface area contributed by atoms with E-state index >= 15 is 0 Å². The SMILES string of the molecule is CC(Br)CCBr.COC(=O)CCS(=O)(=O)Cc1c(Cl)cc(Cl)cc1Cl.COC(=O)CN1C(C)CCN(c2c(Cl)cc(Cl)cc2Cl)S1(=O)=O. The Morgan fingerprint density at radius 2 is 1.42 bits per heavy atom. The van der Waals surface area contributed by atoms with Gasteiger partial charge in [-0.05, 0) is 44.0 Å². The van der Waals surface area contributed by atoms with Crippen LogP contribution in [-0.2, 0) is 44.9 Å². The molecule has 0 spiro atoms. The summed E-state index contributed by atoms with van der Waals surface area (Å²) in [5, 5.41) is 2.33. The summed E-state index contributed by atoms with van der Waals surface area (Å²) in [6.07, 6.45) is 1.51. The fourth-order valence-corrected chi connectivity index (χ4v) is 10.8. The van der Waals surface area contributed by atoms with Gasteiger partial charge in [-0.2, -0.15) is 12.7 Å². The Morgan fingerprint density at radius 1 is 0.938 bits per heavy atom. The number of benzene rings is 2. The number of hydrogen-bond acceptors (Lipinski definition) is 8. The van der Waals surface area contributed by atoms with Gasteiger partial charge in [-0.25, -0.2) is 8.42 Å². The van der Waals surface area contributed by atoms with Crippen LogP contribution in [0.15, 0.2) is 24.3 Å². The first-order chi connectivity index (χ1) is 22.2. The van der Waals surface area contributed by atoms with Gasteiger partial charge in [0.05, 0.1) is 47.9 Å². The summed E-state index contributed by atoms with van der Waals surface area (Å²) < 4.78 is 60.5. The number of rotatable bonds is 10. The average molecular weight is 963 g/mol. The van der Waals surface area contributed by atoms with Crippen LogP contribution in [0.1, 0.15) is 38.7 Å². The number of nitrogens with zero attached hydrogens (tertiary/aromatic N) is 2. The van der Waals surface area contributed by atoms with Gasteiger partial charge in [-0.15, -0.1) is 0 Å². The Hall–Kier alpha value is -0.260. The first-order valence-corrected chi connectivity index (χ1v) is 21.3. The van der Waals surface area contributed by atoms with Crippen molar-refractivity contribution < 1.29 is 35.9 Å². The largest absolute Gasteiger partial charge is 0.469 e. The molecule has 10 nitrogen and oxygen atoms in total. The molecule has 2 atom stereocenters. The minimum Gasteiger partial charge on any atom is -0.469 e. The van der Waals surface area contributed by atoms with E-state index in [0.717, 1.165) is 13.9 Å². The third-order valence-corrected chi connectivity index (χ3v) is 12.5. The lowest BCUT2D eigenvalue weighted by molar-refractivity contribution is -0.141. The van der Waals surface area contributed by atoms with E-state index in [2.05, 4.69) is 48.3 Å². The normalized spacial score (nSPS) is 16.5. The van der Waals surface area contributed by atoms with Crippen LogP contribution >= 0.6 is 101 Å². The van der Waals surface area contributed by atoms with Crippen LogP contribution in [0, 0.1) is 0 Å². The lowest BCUT2D eigenvalue weighted by Crippen LogP contribution is -2.55. The summed E-state index contributed by atoms with van der Waals surface area (Å²) in [7, 11) is -5.09. The summed E-state index contributed by atoms with van der Waals surface area (Å²) in [5.41, 5.74) is 0.428. The van der Waals surface area contributed by atoms with Crippen molar-refractivity contribution in [2.24, 2.45) is 0 Å². The molecule has 2 aromatic carbocycles. The third-order valence-electron chi connectivity index (χ3n) is 6.38. The van der Waals surface area contributed by atoms with Crippen molar-refractivity contribution in [3.05, 3.63) is 60.0 Å². The summed E-state index contributed by atoms with van der Waals surface area (Å²) in [5.74, 6) is -1.90. The Morgan fingerprint density at radius 3 is 1.83 bits per heavy atom. The summed E-state index contributed by atoms with van der Waals surface area (Å²) in [6, 6.07) is 5.32. The first-order valence-electron chi connectivity index (χ1n) is 13.8. The van der Waals surface area contributed by atoms with Gasteiger partial charge in [-0.3, -0.25) is 13.9 Å². The molecule has 48 heavy (non-hydrogen) atoms. The van der Waals surface area contributed by atoms with Crippen LogP contribution in [0.2, 0.25) is 30.1 Å². The molecule has 2 unspecified atom stereocenters. The highest BCUT2D eigenvalue weighted by molar-refractivity contribution is 9.10. The maximum absolute atomic E-state index is 12.9. The van der Waals surface area contributed by atoms with Crippen molar-refractivity contribution in [1.29, 1.82) is 0 Å². The van der Waals surface area contributed by atoms with Crippen molar-refractivity contribution >= 4 is 139 Å². The molecule has 1 saturated heterocycles. The molecule has 1 aliphatic heterocycles. The van der Waals surface area contributed by atoms with E-state index in [1.165, 1.54) is 44.9 Å². The Labute approximate surface area is 328 Å². The second-order valence-electron chi connectivity index (χ2n) is 10.1.